The molecule has 1 saturated heterocycles. The topological polar surface area (TPSA) is 66.5 Å². The van der Waals surface area contributed by atoms with Crippen LogP contribution in [0.1, 0.15) is 18.9 Å². The molecule has 1 aliphatic heterocycles. The molecule has 0 aromatic heterocycles. The zero-order valence-electron chi connectivity index (χ0n) is 12.3. The van der Waals surface area contributed by atoms with E-state index in [0.29, 0.717) is 19.5 Å². The lowest BCUT2D eigenvalue weighted by Gasteiger charge is -2.27. The molecule has 0 saturated carbocycles. The second kappa shape index (κ2) is 6.93. The summed E-state index contributed by atoms with van der Waals surface area (Å²) >= 11 is 0. The van der Waals surface area contributed by atoms with Crippen molar-refractivity contribution < 1.29 is 13.2 Å². The third-order valence-corrected chi connectivity index (χ3v) is 5.53. The molecule has 6 heteroatoms. The van der Waals surface area contributed by atoms with Gasteiger partial charge < -0.3 is 10.2 Å². The van der Waals surface area contributed by atoms with Gasteiger partial charge in [-0.15, -0.1) is 0 Å². The van der Waals surface area contributed by atoms with Crippen LogP contribution in [0.3, 0.4) is 0 Å². The van der Waals surface area contributed by atoms with E-state index in [1.54, 1.807) is 4.90 Å². The lowest BCUT2D eigenvalue weighted by atomic mass is 10.1. The van der Waals surface area contributed by atoms with Crippen molar-refractivity contribution in [2.45, 2.75) is 25.8 Å². The minimum Gasteiger partial charge on any atom is -0.338 e. The van der Waals surface area contributed by atoms with Crippen LogP contribution in [-0.2, 0) is 16.3 Å². The Bertz CT molecular complexity index is 572. The Morgan fingerprint density at radius 3 is 2.62 bits per heavy atom. The minimum absolute atomic E-state index is 0.0902. The maximum absolute atomic E-state index is 12.2. The number of rotatable bonds is 5. The molecule has 1 atom stereocenters. The fourth-order valence-corrected chi connectivity index (χ4v) is 4.38. The summed E-state index contributed by atoms with van der Waals surface area (Å²) in [5.74, 6) is 0.276. The molecular weight excluding hydrogens is 288 g/mol. The molecule has 1 aromatic rings. The smallest absolute Gasteiger partial charge is 0.317 e. The summed E-state index contributed by atoms with van der Waals surface area (Å²) in [6.45, 7) is 2.96. The minimum atomic E-state index is -2.97. The van der Waals surface area contributed by atoms with Gasteiger partial charge >= 0.3 is 6.03 Å². The van der Waals surface area contributed by atoms with Crippen molar-refractivity contribution in [3.63, 3.8) is 0 Å². The molecule has 0 spiro atoms. The second-order valence-corrected chi connectivity index (χ2v) is 7.54. The fourth-order valence-electron chi connectivity index (χ4n) is 2.65. The number of benzene rings is 1. The van der Waals surface area contributed by atoms with E-state index in [1.807, 2.05) is 37.3 Å². The maximum Gasteiger partial charge on any atom is 0.317 e. The van der Waals surface area contributed by atoms with Gasteiger partial charge in [0.25, 0.3) is 0 Å². The zero-order chi connectivity index (χ0) is 15.3. The summed E-state index contributed by atoms with van der Waals surface area (Å²) < 4.78 is 23.0. The Morgan fingerprint density at radius 1 is 1.33 bits per heavy atom. The number of carbonyl (C=O) groups is 1. The molecule has 116 valence electrons. The molecule has 1 aromatic carbocycles. The van der Waals surface area contributed by atoms with E-state index in [1.165, 1.54) is 5.56 Å². The van der Waals surface area contributed by atoms with Crippen molar-refractivity contribution in [3.05, 3.63) is 35.9 Å². The Hall–Kier alpha value is -1.56. The maximum atomic E-state index is 12.2. The van der Waals surface area contributed by atoms with Gasteiger partial charge in [-0.05, 0) is 25.3 Å². The first-order valence-corrected chi connectivity index (χ1v) is 9.13. The van der Waals surface area contributed by atoms with Gasteiger partial charge in [0.05, 0.1) is 11.5 Å². The molecule has 0 aliphatic carbocycles. The van der Waals surface area contributed by atoms with Crippen molar-refractivity contribution in [2.75, 3.05) is 24.6 Å². The van der Waals surface area contributed by atoms with Crippen molar-refractivity contribution in [3.8, 4) is 0 Å². The average molecular weight is 310 g/mol. The lowest BCUT2D eigenvalue weighted by molar-refractivity contribution is 0.184. The van der Waals surface area contributed by atoms with Gasteiger partial charge in [0.2, 0.25) is 0 Å². The molecule has 1 heterocycles. The predicted octanol–water partition coefficient (Wildman–Crippen LogP) is 1.45. The molecule has 1 aliphatic rings. The fraction of sp³-hybridized carbons (Fsp3) is 0.533. The van der Waals surface area contributed by atoms with Gasteiger partial charge in [0.1, 0.15) is 0 Å². The lowest BCUT2D eigenvalue weighted by Crippen LogP contribution is -2.47. The van der Waals surface area contributed by atoms with Crippen LogP contribution in [0.15, 0.2) is 30.3 Å². The van der Waals surface area contributed by atoms with E-state index in [9.17, 15) is 13.2 Å². The summed E-state index contributed by atoms with van der Waals surface area (Å²) in [5, 5.41) is 2.88. The highest BCUT2D eigenvalue weighted by atomic mass is 32.2. The molecule has 0 unspecified atom stereocenters. The van der Waals surface area contributed by atoms with Crippen LogP contribution in [0.25, 0.3) is 0 Å². The van der Waals surface area contributed by atoms with Crippen LogP contribution in [-0.4, -0.2) is 50.0 Å². The predicted molar refractivity (Wildman–Crippen MR) is 83.0 cm³/mol. The number of urea groups is 1. The number of hydrogen-bond donors (Lipinski definition) is 1. The van der Waals surface area contributed by atoms with E-state index in [-0.39, 0.29) is 23.6 Å². The van der Waals surface area contributed by atoms with Crippen molar-refractivity contribution in [1.29, 1.82) is 0 Å². The average Bonchev–Trinajstić information content (AvgIpc) is 2.81. The Labute approximate surface area is 126 Å². The van der Waals surface area contributed by atoms with Crippen LogP contribution in [0.5, 0.6) is 0 Å². The van der Waals surface area contributed by atoms with Crippen molar-refractivity contribution >= 4 is 15.9 Å². The first-order chi connectivity index (χ1) is 10.0. The van der Waals surface area contributed by atoms with Crippen molar-refractivity contribution in [1.82, 2.24) is 10.2 Å². The quantitative estimate of drug-likeness (QED) is 0.895. The molecular formula is C15H22N2O3S. The number of hydrogen-bond acceptors (Lipinski definition) is 3. The van der Waals surface area contributed by atoms with E-state index in [4.69, 9.17) is 0 Å². The summed E-state index contributed by atoms with van der Waals surface area (Å²) in [7, 11) is -2.97. The van der Waals surface area contributed by atoms with Gasteiger partial charge in [-0.2, -0.15) is 0 Å². The Kier molecular flexibility index (Phi) is 5.22. The Balaban J connectivity index is 1.83. The summed E-state index contributed by atoms with van der Waals surface area (Å²) in [6, 6.07) is 9.59. The number of nitrogens with zero attached hydrogens (tertiary/aromatic N) is 1. The van der Waals surface area contributed by atoms with E-state index in [2.05, 4.69) is 5.32 Å². The first-order valence-electron chi connectivity index (χ1n) is 7.30. The molecule has 0 radical (unpaired) electrons. The van der Waals surface area contributed by atoms with Crippen LogP contribution in [0.2, 0.25) is 0 Å². The number of carbonyl (C=O) groups excluding carboxylic acids is 1. The zero-order valence-corrected chi connectivity index (χ0v) is 13.1. The van der Waals surface area contributed by atoms with Crippen molar-refractivity contribution in [2.24, 2.45) is 0 Å². The standard InChI is InChI=1S/C15H22N2O3S/c1-2-17(14-9-11-21(19,20)12-14)15(18)16-10-8-13-6-4-3-5-7-13/h3-7,14H,2,8-12H2,1H3,(H,16,18)/t14-/m1/s1. The molecule has 5 nitrogen and oxygen atoms in total. The summed E-state index contributed by atoms with van der Waals surface area (Å²) in [4.78, 5) is 13.8. The van der Waals surface area contributed by atoms with Gasteiger partial charge in [-0.25, -0.2) is 13.2 Å². The molecule has 1 fully saturated rings. The van der Waals surface area contributed by atoms with E-state index >= 15 is 0 Å². The second-order valence-electron chi connectivity index (χ2n) is 5.31. The third-order valence-electron chi connectivity index (χ3n) is 3.78. The normalized spacial score (nSPS) is 20.1. The van der Waals surface area contributed by atoms with Gasteiger partial charge in [0, 0.05) is 19.1 Å². The van der Waals surface area contributed by atoms with Gasteiger partial charge in [-0.3, -0.25) is 0 Å². The van der Waals surface area contributed by atoms with Crippen LogP contribution in [0.4, 0.5) is 4.79 Å². The molecule has 1 N–H and O–H groups in total. The molecule has 0 bridgehead atoms. The number of amides is 2. The Morgan fingerprint density at radius 2 is 2.05 bits per heavy atom. The first kappa shape index (κ1) is 15.8. The highest BCUT2D eigenvalue weighted by Gasteiger charge is 2.33. The summed E-state index contributed by atoms with van der Waals surface area (Å²) in [5.41, 5.74) is 1.17. The number of nitrogens with one attached hydrogen (secondary N) is 1. The SMILES string of the molecule is CCN(C(=O)NCCc1ccccc1)[C@@H]1CCS(=O)(=O)C1. The van der Waals surface area contributed by atoms with Crippen LogP contribution in [0, 0.1) is 0 Å². The van der Waals surface area contributed by atoms with Gasteiger partial charge in [-0.1, -0.05) is 30.3 Å². The highest BCUT2D eigenvalue weighted by Crippen LogP contribution is 2.17. The summed E-state index contributed by atoms with van der Waals surface area (Å²) in [6.07, 6.45) is 1.31. The number of sulfone groups is 1. The monoisotopic (exact) mass is 310 g/mol. The highest BCUT2D eigenvalue weighted by molar-refractivity contribution is 7.91. The largest absolute Gasteiger partial charge is 0.338 e. The van der Waals surface area contributed by atoms with Crippen LogP contribution >= 0.6 is 0 Å². The van der Waals surface area contributed by atoms with E-state index < -0.39 is 9.84 Å². The van der Waals surface area contributed by atoms with Gasteiger partial charge in [0.15, 0.2) is 9.84 Å². The molecule has 21 heavy (non-hydrogen) atoms. The molecule has 2 amide bonds. The van der Waals surface area contributed by atoms with E-state index in [0.717, 1.165) is 6.42 Å². The third kappa shape index (κ3) is 4.46. The molecule has 2 rings (SSSR count). The van der Waals surface area contributed by atoms with Crippen LogP contribution < -0.4 is 5.32 Å².